The molecule has 1 atom stereocenters. The van der Waals surface area contributed by atoms with Gasteiger partial charge < -0.3 is 15.4 Å². The van der Waals surface area contributed by atoms with E-state index in [0.29, 0.717) is 12.2 Å². The topological polar surface area (TPSA) is 68.2 Å². The number of fused-ring (bicyclic) bond motifs is 3. The zero-order chi connectivity index (χ0) is 22.1. The number of anilines is 2. The minimum absolute atomic E-state index is 0.150. The molecule has 0 bridgehead atoms. The van der Waals surface area contributed by atoms with Gasteiger partial charge in [-0.05, 0) is 55.8 Å². The summed E-state index contributed by atoms with van der Waals surface area (Å²) in [7, 11) is 0. The molecule has 32 heavy (non-hydrogen) atoms. The van der Waals surface area contributed by atoms with Gasteiger partial charge in [0.1, 0.15) is 5.75 Å². The van der Waals surface area contributed by atoms with Crippen LogP contribution in [0, 0.1) is 0 Å². The van der Waals surface area contributed by atoms with Crippen molar-refractivity contribution in [2.75, 3.05) is 17.2 Å². The zero-order valence-electron chi connectivity index (χ0n) is 18.0. The predicted molar refractivity (Wildman–Crippen MR) is 127 cm³/mol. The van der Waals surface area contributed by atoms with Gasteiger partial charge in [-0.1, -0.05) is 42.5 Å². The van der Waals surface area contributed by atoms with Gasteiger partial charge in [-0.15, -0.1) is 0 Å². The van der Waals surface area contributed by atoms with E-state index < -0.39 is 0 Å². The molecular formula is C26H24N4O2. The fourth-order valence-electron chi connectivity index (χ4n) is 4.21. The molecule has 0 unspecified atom stereocenters. The highest BCUT2D eigenvalue weighted by molar-refractivity contribution is 6.06. The van der Waals surface area contributed by atoms with Gasteiger partial charge in [0, 0.05) is 11.4 Å². The van der Waals surface area contributed by atoms with Gasteiger partial charge >= 0.3 is 0 Å². The Morgan fingerprint density at radius 2 is 1.75 bits per heavy atom. The van der Waals surface area contributed by atoms with Crippen molar-refractivity contribution in [3.05, 3.63) is 95.7 Å². The van der Waals surface area contributed by atoms with Crippen molar-refractivity contribution in [1.82, 2.24) is 9.55 Å². The zero-order valence-corrected chi connectivity index (χ0v) is 18.0. The lowest BCUT2D eigenvalue weighted by molar-refractivity contribution is -0.113. The van der Waals surface area contributed by atoms with Crippen molar-refractivity contribution in [1.29, 1.82) is 0 Å². The normalized spacial score (nSPS) is 15.2. The molecule has 2 N–H and O–H groups in total. The molecule has 6 nitrogen and oxygen atoms in total. The number of hydrogen-bond acceptors (Lipinski definition) is 4. The van der Waals surface area contributed by atoms with E-state index in [0.717, 1.165) is 39.7 Å². The maximum Gasteiger partial charge on any atom is 0.255 e. The largest absolute Gasteiger partial charge is 0.494 e. The summed E-state index contributed by atoms with van der Waals surface area (Å²) in [5, 5.41) is 6.39. The van der Waals surface area contributed by atoms with Crippen LogP contribution < -0.4 is 15.4 Å². The lowest BCUT2D eigenvalue weighted by atomic mass is 9.94. The Bertz CT molecular complexity index is 1310. The highest BCUT2D eigenvalue weighted by Gasteiger charge is 2.34. The lowest BCUT2D eigenvalue weighted by Crippen LogP contribution is -2.30. The van der Waals surface area contributed by atoms with Crippen LogP contribution in [0.5, 0.6) is 5.75 Å². The van der Waals surface area contributed by atoms with Crippen molar-refractivity contribution >= 4 is 28.6 Å². The monoisotopic (exact) mass is 424 g/mol. The second-order valence-electron chi connectivity index (χ2n) is 7.68. The Balaban J connectivity index is 1.64. The minimum Gasteiger partial charge on any atom is -0.494 e. The Labute approximate surface area is 186 Å². The molecular weight excluding hydrogens is 400 g/mol. The molecule has 6 heteroatoms. The Hall–Kier alpha value is -4.06. The average Bonchev–Trinajstić information content (AvgIpc) is 3.17. The number of nitrogens with zero attached hydrogens (tertiary/aromatic N) is 2. The van der Waals surface area contributed by atoms with E-state index in [2.05, 4.69) is 15.2 Å². The SMILES string of the molecule is CCOc1ccc([C@@H]2C(C(=O)Nc3ccccc3)=C(C)Nc3nc4ccccc4n32)cc1. The number of amides is 1. The first-order valence-electron chi connectivity index (χ1n) is 10.7. The third kappa shape index (κ3) is 3.50. The van der Waals surface area contributed by atoms with Crippen molar-refractivity contribution in [2.24, 2.45) is 0 Å². The number of nitrogens with one attached hydrogen (secondary N) is 2. The highest BCUT2D eigenvalue weighted by Crippen LogP contribution is 2.39. The molecule has 3 aromatic carbocycles. The summed E-state index contributed by atoms with van der Waals surface area (Å²) in [5.74, 6) is 1.37. The second-order valence-corrected chi connectivity index (χ2v) is 7.68. The number of benzene rings is 3. The standard InChI is InChI=1S/C26H24N4O2/c1-3-32-20-15-13-18(14-16-20)24-23(25(31)28-19-9-5-4-6-10-19)17(2)27-26-29-21-11-7-8-12-22(21)30(24)26/h4-16,24H,3H2,1-2H3,(H,27,29)(H,28,31)/t24-/m1/s1. The summed E-state index contributed by atoms with van der Waals surface area (Å²) in [6.07, 6.45) is 0. The van der Waals surface area contributed by atoms with Crippen LogP contribution in [-0.2, 0) is 4.79 Å². The maximum atomic E-state index is 13.5. The molecule has 1 aliphatic heterocycles. The summed E-state index contributed by atoms with van der Waals surface area (Å²) in [4.78, 5) is 18.3. The first-order chi connectivity index (χ1) is 15.7. The first kappa shape index (κ1) is 19.9. The van der Waals surface area contributed by atoms with Crippen LogP contribution in [0.15, 0.2) is 90.1 Å². The smallest absolute Gasteiger partial charge is 0.255 e. The Kier molecular flexibility index (Phi) is 5.11. The van der Waals surface area contributed by atoms with Gasteiger partial charge in [-0.2, -0.15) is 0 Å². The average molecular weight is 425 g/mol. The first-order valence-corrected chi connectivity index (χ1v) is 10.7. The van der Waals surface area contributed by atoms with Gasteiger partial charge in [0.25, 0.3) is 5.91 Å². The minimum atomic E-state index is -0.335. The van der Waals surface area contributed by atoms with E-state index in [1.807, 2.05) is 92.7 Å². The van der Waals surface area contributed by atoms with Crippen molar-refractivity contribution in [2.45, 2.75) is 19.9 Å². The molecule has 0 fully saturated rings. The molecule has 0 saturated carbocycles. The lowest BCUT2D eigenvalue weighted by Gasteiger charge is -2.30. The van der Waals surface area contributed by atoms with Gasteiger partial charge in [0.05, 0.1) is 29.3 Å². The summed E-state index contributed by atoms with van der Waals surface area (Å²) in [5.41, 5.74) is 5.00. The molecule has 0 spiro atoms. The molecule has 5 rings (SSSR count). The molecule has 1 amide bonds. The van der Waals surface area contributed by atoms with Gasteiger partial charge in [0.15, 0.2) is 0 Å². The van der Waals surface area contributed by atoms with Crippen LogP contribution in [0.2, 0.25) is 0 Å². The summed E-state index contributed by atoms with van der Waals surface area (Å²) < 4.78 is 7.72. The summed E-state index contributed by atoms with van der Waals surface area (Å²) in [6, 6.07) is 25.1. The van der Waals surface area contributed by atoms with Crippen LogP contribution in [0.4, 0.5) is 11.6 Å². The molecule has 160 valence electrons. The molecule has 0 aliphatic carbocycles. The third-order valence-corrected chi connectivity index (χ3v) is 5.61. The molecule has 0 saturated heterocycles. The number of carbonyl (C=O) groups is 1. The number of imidazole rings is 1. The number of allylic oxidation sites excluding steroid dienone is 1. The van der Waals surface area contributed by atoms with E-state index in [1.165, 1.54) is 0 Å². The number of ether oxygens (including phenoxy) is 1. The fraction of sp³-hybridized carbons (Fsp3) is 0.154. The summed E-state index contributed by atoms with van der Waals surface area (Å²) >= 11 is 0. The number of para-hydroxylation sites is 3. The Morgan fingerprint density at radius 3 is 2.50 bits per heavy atom. The molecule has 1 aromatic heterocycles. The van der Waals surface area contributed by atoms with Crippen LogP contribution >= 0.6 is 0 Å². The van der Waals surface area contributed by atoms with Crippen molar-refractivity contribution < 1.29 is 9.53 Å². The fourth-order valence-corrected chi connectivity index (χ4v) is 4.21. The van der Waals surface area contributed by atoms with E-state index in [1.54, 1.807) is 0 Å². The van der Waals surface area contributed by atoms with E-state index in [-0.39, 0.29) is 11.9 Å². The number of aromatic nitrogens is 2. The van der Waals surface area contributed by atoms with E-state index >= 15 is 0 Å². The van der Waals surface area contributed by atoms with Gasteiger partial charge in [-0.25, -0.2) is 4.98 Å². The van der Waals surface area contributed by atoms with Crippen molar-refractivity contribution in [3.63, 3.8) is 0 Å². The van der Waals surface area contributed by atoms with Crippen LogP contribution in [0.3, 0.4) is 0 Å². The second kappa shape index (κ2) is 8.23. The number of rotatable bonds is 5. The highest BCUT2D eigenvalue weighted by atomic mass is 16.5. The molecule has 1 aliphatic rings. The maximum absolute atomic E-state index is 13.5. The van der Waals surface area contributed by atoms with E-state index in [9.17, 15) is 4.79 Å². The van der Waals surface area contributed by atoms with Gasteiger partial charge in [0.2, 0.25) is 5.95 Å². The number of hydrogen-bond donors (Lipinski definition) is 2. The quantitative estimate of drug-likeness (QED) is 0.452. The van der Waals surface area contributed by atoms with E-state index in [4.69, 9.17) is 9.72 Å². The van der Waals surface area contributed by atoms with Crippen LogP contribution in [0.25, 0.3) is 11.0 Å². The predicted octanol–water partition coefficient (Wildman–Crippen LogP) is 5.36. The molecule has 2 heterocycles. The molecule has 4 aromatic rings. The van der Waals surface area contributed by atoms with Gasteiger partial charge in [-0.3, -0.25) is 9.36 Å². The molecule has 0 radical (unpaired) electrons. The van der Waals surface area contributed by atoms with Crippen LogP contribution in [-0.4, -0.2) is 22.1 Å². The Morgan fingerprint density at radius 1 is 1.03 bits per heavy atom. The van der Waals surface area contributed by atoms with Crippen molar-refractivity contribution in [3.8, 4) is 5.75 Å². The number of carbonyl (C=O) groups excluding carboxylic acids is 1. The third-order valence-electron chi connectivity index (χ3n) is 5.61. The van der Waals surface area contributed by atoms with Crippen LogP contribution in [0.1, 0.15) is 25.5 Å². The summed E-state index contributed by atoms with van der Waals surface area (Å²) in [6.45, 7) is 4.49.